The van der Waals surface area contributed by atoms with Crippen molar-refractivity contribution in [2.45, 2.75) is 0 Å². The number of H-pyrrole nitrogens is 1. The molecular formula is C22H24N8O2. The van der Waals surface area contributed by atoms with E-state index in [1.165, 1.54) is 0 Å². The second kappa shape index (κ2) is 9.16. The fraction of sp³-hybridized carbons (Fsp3) is 0.273. The number of aliphatic hydroxyl groups excluding tert-OH is 1. The monoisotopic (exact) mass is 432 g/mol. The predicted molar refractivity (Wildman–Crippen MR) is 123 cm³/mol. The van der Waals surface area contributed by atoms with Crippen molar-refractivity contribution in [2.75, 3.05) is 55.0 Å². The zero-order chi connectivity index (χ0) is 21.8. The van der Waals surface area contributed by atoms with Crippen LogP contribution in [0.5, 0.6) is 0 Å². The van der Waals surface area contributed by atoms with Crippen LogP contribution in [-0.2, 0) is 4.74 Å². The lowest BCUT2D eigenvalue weighted by molar-refractivity contribution is 0.122. The number of nitrogens with zero attached hydrogens (tertiary/aromatic N) is 5. The van der Waals surface area contributed by atoms with Gasteiger partial charge in [0.25, 0.3) is 0 Å². The summed E-state index contributed by atoms with van der Waals surface area (Å²) in [4.78, 5) is 23.6. The first-order valence-electron chi connectivity index (χ1n) is 10.5. The Morgan fingerprint density at radius 2 is 1.72 bits per heavy atom. The van der Waals surface area contributed by atoms with E-state index in [0.29, 0.717) is 37.6 Å². The largest absolute Gasteiger partial charge is 0.395 e. The summed E-state index contributed by atoms with van der Waals surface area (Å²) in [7, 11) is 0. The van der Waals surface area contributed by atoms with Crippen LogP contribution < -0.4 is 15.5 Å². The van der Waals surface area contributed by atoms with Gasteiger partial charge in [-0.2, -0.15) is 15.0 Å². The highest BCUT2D eigenvalue weighted by Gasteiger charge is 2.17. The second-order valence-electron chi connectivity index (χ2n) is 7.34. The number of para-hydroxylation sites is 2. The lowest BCUT2D eigenvalue weighted by atomic mass is 10.2. The molecule has 0 amide bonds. The van der Waals surface area contributed by atoms with Crippen molar-refractivity contribution in [3.8, 4) is 11.4 Å². The molecule has 0 aliphatic carbocycles. The summed E-state index contributed by atoms with van der Waals surface area (Å²) in [6.07, 6.45) is 0. The Balaban J connectivity index is 1.37. The summed E-state index contributed by atoms with van der Waals surface area (Å²) in [5.41, 5.74) is 3.78. The van der Waals surface area contributed by atoms with Gasteiger partial charge in [-0.05, 0) is 36.4 Å². The maximum Gasteiger partial charge on any atom is 0.233 e. The van der Waals surface area contributed by atoms with E-state index in [0.717, 1.165) is 41.2 Å². The van der Waals surface area contributed by atoms with Crippen molar-refractivity contribution < 1.29 is 9.84 Å². The SMILES string of the molecule is OCCNc1nc(Nc2ccc(-c3nc4ccccc4[nH]3)cc2)nc(N2CCOCC2)n1. The quantitative estimate of drug-likeness (QED) is 0.348. The molecule has 0 atom stereocenters. The molecule has 10 nitrogen and oxygen atoms in total. The van der Waals surface area contributed by atoms with Gasteiger partial charge in [-0.25, -0.2) is 4.98 Å². The van der Waals surface area contributed by atoms with Gasteiger partial charge in [0.05, 0.1) is 30.9 Å². The number of imidazole rings is 1. The van der Waals surface area contributed by atoms with Gasteiger partial charge < -0.3 is 30.4 Å². The van der Waals surface area contributed by atoms with Crippen LogP contribution in [-0.4, -0.2) is 69.5 Å². The third-order valence-electron chi connectivity index (χ3n) is 5.12. The molecule has 1 saturated heterocycles. The lowest BCUT2D eigenvalue weighted by Crippen LogP contribution is -2.37. The third-order valence-corrected chi connectivity index (χ3v) is 5.12. The number of anilines is 4. The fourth-order valence-corrected chi connectivity index (χ4v) is 3.50. The standard InChI is InChI=1S/C22H24N8O2/c31-12-9-23-20-27-21(29-22(28-20)30-10-13-32-14-11-30)24-16-7-5-15(6-8-16)19-25-17-3-1-2-4-18(17)26-19/h1-8,31H,9-14H2,(H,25,26)(H2,23,24,27,28,29). The van der Waals surface area contributed by atoms with Crippen LogP contribution in [0.2, 0.25) is 0 Å². The molecule has 4 N–H and O–H groups in total. The molecular weight excluding hydrogens is 408 g/mol. The second-order valence-corrected chi connectivity index (χ2v) is 7.34. The molecule has 0 spiro atoms. The van der Waals surface area contributed by atoms with Crippen LogP contribution in [0.25, 0.3) is 22.4 Å². The van der Waals surface area contributed by atoms with E-state index in [-0.39, 0.29) is 6.61 Å². The Morgan fingerprint density at radius 1 is 0.938 bits per heavy atom. The number of morpholine rings is 1. The first-order chi connectivity index (χ1) is 15.8. The first kappa shape index (κ1) is 20.2. The van der Waals surface area contributed by atoms with Crippen molar-refractivity contribution >= 4 is 34.6 Å². The first-order valence-corrected chi connectivity index (χ1v) is 10.5. The Bertz CT molecular complexity index is 1160. The Hall–Kier alpha value is -3.76. The number of hydrogen-bond donors (Lipinski definition) is 4. The van der Waals surface area contributed by atoms with Crippen molar-refractivity contribution in [2.24, 2.45) is 0 Å². The minimum atomic E-state index is -0.00934. The molecule has 0 radical (unpaired) electrons. The predicted octanol–water partition coefficient (Wildman–Crippen LogP) is 2.40. The molecule has 4 aromatic rings. The Morgan fingerprint density at radius 3 is 2.50 bits per heavy atom. The normalized spacial score (nSPS) is 14.0. The maximum atomic E-state index is 9.13. The van der Waals surface area contributed by atoms with Gasteiger partial charge in [-0.15, -0.1) is 0 Å². The van der Waals surface area contributed by atoms with E-state index in [9.17, 15) is 0 Å². The molecule has 0 bridgehead atoms. The van der Waals surface area contributed by atoms with Gasteiger partial charge in [0, 0.05) is 30.9 Å². The highest BCUT2D eigenvalue weighted by Crippen LogP contribution is 2.24. The van der Waals surface area contributed by atoms with E-state index in [4.69, 9.17) is 9.84 Å². The number of aromatic nitrogens is 5. The van der Waals surface area contributed by atoms with Crippen LogP contribution in [0, 0.1) is 0 Å². The van der Waals surface area contributed by atoms with Crippen LogP contribution >= 0.6 is 0 Å². The zero-order valence-corrected chi connectivity index (χ0v) is 17.5. The fourth-order valence-electron chi connectivity index (χ4n) is 3.50. The number of aromatic amines is 1. The minimum absolute atomic E-state index is 0.00934. The lowest BCUT2D eigenvalue weighted by Gasteiger charge is -2.27. The van der Waals surface area contributed by atoms with Crippen molar-refractivity contribution in [3.05, 3.63) is 48.5 Å². The summed E-state index contributed by atoms with van der Waals surface area (Å²) in [5, 5.41) is 15.4. The van der Waals surface area contributed by atoms with Gasteiger partial charge in [0.15, 0.2) is 0 Å². The Labute approximate surface area is 184 Å². The van der Waals surface area contributed by atoms with Crippen molar-refractivity contribution in [1.29, 1.82) is 0 Å². The van der Waals surface area contributed by atoms with E-state index in [1.807, 2.05) is 48.5 Å². The van der Waals surface area contributed by atoms with E-state index >= 15 is 0 Å². The van der Waals surface area contributed by atoms with Crippen LogP contribution in [0.3, 0.4) is 0 Å². The summed E-state index contributed by atoms with van der Waals surface area (Å²) >= 11 is 0. The summed E-state index contributed by atoms with van der Waals surface area (Å²) in [6.45, 7) is 3.06. The molecule has 2 aromatic carbocycles. The summed E-state index contributed by atoms with van der Waals surface area (Å²) in [6, 6.07) is 15.9. The highest BCUT2D eigenvalue weighted by molar-refractivity contribution is 5.79. The van der Waals surface area contributed by atoms with Gasteiger partial charge >= 0.3 is 0 Å². The molecule has 2 aromatic heterocycles. The smallest absolute Gasteiger partial charge is 0.233 e. The van der Waals surface area contributed by atoms with Gasteiger partial charge in [-0.3, -0.25) is 0 Å². The van der Waals surface area contributed by atoms with Gasteiger partial charge in [0.2, 0.25) is 17.8 Å². The topological polar surface area (TPSA) is 124 Å². The molecule has 164 valence electrons. The molecule has 1 fully saturated rings. The number of ether oxygens (including phenoxy) is 1. The van der Waals surface area contributed by atoms with Crippen LogP contribution in [0.4, 0.5) is 23.5 Å². The maximum absolute atomic E-state index is 9.13. The highest BCUT2D eigenvalue weighted by atomic mass is 16.5. The van der Waals surface area contributed by atoms with Crippen LogP contribution in [0.15, 0.2) is 48.5 Å². The molecule has 0 unspecified atom stereocenters. The molecule has 1 aliphatic heterocycles. The molecule has 10 heteroatoms. The van der Waals surface area contributed by atoms with E-state index in [1.54, 1.807) is 0 Å². The van der Waals surface area contributed by atoms with Gasteiger partial charge in [-0.1, -0.05) is 12.1 Å². The van der Waals surface area contributed by atoms with E-state index in [2.05, 4.69) is 40.5 Å². The Kier molecular flexibility index (Phi) is 5.77. The average molecular weight is 432 g/mol. The van der Waals surface area contributed by atoms with E-state index < -0.39 is 0 Å². The number of fused-ring (bicyclic) bond motifs is 1. The molecule has 32 heavy (non-hydrogen) atoms. The molecule has 5 rings (SSSR count). The summed E-state index contributed by atoms with van der Waals surface area (Å²) in [5.74, 6) is 2.24. The number of rotatable bonds is 7. The number of nitrogens with one attached hydrogen (secondary N) is 3. The molecule has 0 saturated carbocycles. The molecule has 3 heterocycles. The summed E-state index contributed by atoms with van der Waals surface area (Å²) < 4.78 is 5.42. The minimum Gasteiger partial charge on any atom is -0.395 e. The van der Waals surface area contributed by atoms with Crippen molar-refractivity contribution in [1.82, 2.24) is 24.9 Å². The number of hydrogen-bond acceptors (Lipinski definition) is 9. The third kappa shape index (κ3) is 4.46. The number of benzene rings is 2. The van der Waals surface area contributed by atoms with Crippen molar-refractivity contribution in [3.63, 3.8) is 0 Å². The number of aliphatic hydroxyl groups is 1. The molecule has 1 aliphatic rings. The van der Waals surface area contributed by atoms with Crippen LogP contribution in [0.1, 0.15) is 0 Å². The van der Waals surface area contributed by atoms with Gasteiger partial charge in [0.1, 0.15) is 5.82 Å². The zero-order valence-electron chi connectivity index (χ0n) is 17.5. The average Bonchev–Trinajstić information content (AvgIpc) is 3.28.